The molecule has 0 radical (unpaired) electrons. The van der Waals surface area contributed by atoms with E-state index in [0.717, 1.165) is 16.6 Å². The number of carbonyl (C=O) groups excluding carboxylic acids is 1. The highest BCUT2D eigenvalue weighted by atomic mass is 16.5. The zero-order chi connectivity index (χ0) is 11.0. The molecular weight excluding hydrogens is 192 g/mol. The van der Waals surface area contributed by atoms with Crippen molar-refractivity contribution in [3.8, 4) is 5.88 Å². The molecule has 2 aromatic rings. The first kappa shape index (κ1) is 9.71. The maximum absolute atomic E-state index is 10.8. The Labute approximate surface area is 87.5 Å². The molecule has 0 amide bonds. The van der Waals surface area contributed by atoms with E-state index in [-0.39, 0.29) is 5.97 Å². The Morgan fingerprint density at radius 2 is 2.27 bits per heavy atom. The van der Waals surface area contributed by atoms with Crippen molar-refractivity contribution in [2.75, 3.05) is 0 Å². The largest absolute Gasteiger partial charge is 0.408 e. The summed E-state index contributed by atoms with van der Waals surface area (Å²) in [7, 11) is 1.91. The second-order valence-electron chi connectivity index (χ2n) is 3.53. The fourth-order valence-electron chi connectivity index (χ4n) is 1.57. The van der Waals surface area contributed by atoms with Gasteiger partial charge in [-0.25, -0.2) is 0 Å². The van der Waals surface area contributed by atoms with Crippen LogP contribution in [0.15, 0.2) is 18.3 Å². The normalized spacial score (nSPS) is 10.6. The summed E-state index contributed by atoms with van der Waals surface area (Å²) in [5.41, 5.74) is 1.88. The molecule has 0 aliphatic rings. The van der Waals surface area contributed by atoms with Crippen LogP contribution in [0.25, 0.3) is 11.0 Å². The first-order valence-corrected chi connectivity index (χ1v) is 4.69. The lowest BCUT2D eigenvalue weighted by atomic mass is 10.2. The van der Waals surface area contributed by atoms with Gasteiger partial charge in [0.2, 0.25) is 5.88 Å². The summed E-state index contributed by atoms with van der Waals surface area (Å²) in [4.78, 5) is 15.1. The van der Waals surface area contributed by atoms with Crippen molar-refractivity contribution in [1.82, 2.24) is 9.55 Å². The van der Waals surface area contributed by atoms with E-state index in [1.165, 1.54) is 6.92 Å². The third-order valence-corrected chi connectivity index (χ3v) is 2.27. The Kier molecular flexibility index (Phi) is 2.19. The number of esters is 1. The van der Waals surface area contributed by atoms with Crippen molar-refractivity contribution < 1.29 is 9.53 Å². The molecule has 2 rings (SSSR count). The fourth-order valence-corrected chi connectivity index (χ4v) is 1.57. The highest BCUT2D eigenvalue weighted by Crippen LogP contribution is 2.21. The van der Waals surface area contributed by atoms with Crippen molar-refractivity contribution in [2.45, 2.75) is 13.8 Å². The molecular formula is C11H12N2O2. The van der Waals surface area contributed by atoms with E-state index >= 15 is 0 Å². The molecule has 0 atom stereocenters. The molecule has 4 heteroatoms. The van der Waals surface area contributed by atoms with Crippen LogP contribution in [0, 0.1) is 6.92 Å². The summed E-state index contributed by atoms with van der Waals surface area (Å²) in [5, 5.41) is 1.08. The maximum Gasteiger partial charge on any atom is 0.309 e. The van der Waals surface area contributed by atoms with E-state index in [1.807, 2.05) is 30.8 Å². The van der Waals surface area contributed by atoms with Crippen LogP contribution in [-0.4, -0.2) is 15.5 Å². The van der Waals surface area contributed by atoms with Gasteiger partial charge in [-0.05, 0) is 18.6 Å². The zero-order valence-electron chi connectivity index (χ0n) is 8.94. The lowest BCUT2D eigenvalue weighted by Gasteiger charge is -2.03. The summed E-state index contributed by atoms with van der Waals surface area (Å²) >= 11 is 0. The summed E-state index contributed by atoms with van der Waals surface area (Å²) in [6.45, 7) is 3.34. The van der Waals surface area contributed by atoms with Crippen LogP contribution in [0.4, 0.5) is 0 Å². The second kappa shape index (κ2) is 3.38. The molecule has 0 aliphatic carbocycles. The zero-order valence-corrected chi connectivity index (χ0v) is 8.94. The van der Waals surface area contributed by atoms with Crippen LogP contribution in [0.2, 0.25) is 0 Å². The molecule has 0 fully saturated rings. The summed E-state index contributed by atoms with van der Waals surface area (Å²) < 4.78 is 6.86. The van der Waals surface area contributed by atoms with E-state index < -0.39 is 0 Å². The van der Waals surface area contributed by atoms with Crippen LogP contribution in [0.1, 0.15) is 12.5 Å². The van der Waals surface area contributed by atoms with Crippen LogP contribution < -0.4 is 4.74 Å². The van der Waals surface area contributed by atoms with Crippen molar-refractivity contribution in [2.24, 2.45) is 7.05 Å². The molecule has 0 spiro atoms. The molecule has 2 aromatic heterocycles. The molecule has 0 aliphatic heterocycles. The summed E-state index contributed by atoms with van der Waals surface area (Å²) in [6.07, 6.45) is 1.93. The number of pyridine rings is 1. The van der Waals surface area contributed by atoms with Gasteiger partial charge in [-0.15, -0.1) is 0 Å². The lowest BCUT2D eigenvalue weighted by Crippen LogP contribution is -2.04. The minimum atomic E-state index is -0.351. The van der Waals surface area contributed by atoms with Gasteiger partial charge < -0.3 is 9.30 Å². The van der Waals surface area contributed by atoms with Gasteiger partial charge in [0.1, 0.15) is 5.65 Å². The Morgan fingerprint density at radius 1 is 1.53 bits per heavy atom. The van der Waals surface area contributed by atoms with Gasteiger partial charge >= 0.3 is 5.97 Å². The Bertz CT molecular complexity index is 529. The number of hydrogen-bond acceptors (Lipinski definition) is 3. The monoisotopic (exact) mass is 204 g/mol. The van der Waals surface area contributed by atoms with Crippen LogP contribution >= 0.6 is 0 Å². The number of rotatable bonds is 1. The van der Waals surface area contributed by atoms with Crippen molar-refractivity contribution >= 4 is 17.0 Å². The van der Waals surface area contributed by atoms with Gasteiger partial charge in [-0.3, -0.25) is 4.79 Å². The number of aryl methyl sites for hydroxylation is 2. The van der Waals surface area contributed by atoms with Crippen LogP contribution in [-0.2, 0) is 11.8 Å². The molecule has 0 aromatic carbocycles. The van der Waals surface area contributed by atoms with E-state index in [0.29, 0.717) is 5.88 Å². The molecule has 0 N–H and O–H groups in total. The molecule has 2 heterocycles. The fraction of sp³-hybridized carbons (Fsp3) is 0.273. The highest BCUT2D eigenvalue weighted by molar-refractivity contribution is 5.81. The molecule has 78 valence electrons. The Balaban J connectivity index is 2.59. The smallest absolute Gasteiger partial charge is 0.309 e. The van der Waals surface area contributed by atoms with Gasteiger partial charge in [0.05, 0.1) is 0 Å². The summed E-state index contributed by atoms with van der Waals surface area (Å²) in [6, 6.07) is 3.76. The van der Waals surface area contributed by atoms with Crippen molar-refractivity contribution in [1.29, 1.82) is 0 Å². The van der Waals surface area contributed by atoms with Crippen LogP contribution in [0.5, 0.6) is 5.88 Å². The Morgan fingerprint density at radius 3 is 2.93 bits per heavy atom. The van der Waals surface area contributed by atoms with Gasteiger partial charge in [0.15, 0.2) is 0 Å². The van der Waals surface area contributed by atoms with Gasteiger partial charge in [-0.1, -0.05) is 0 Å². The topological polar surface area (TPSA) is 44.1 Å². The number of aromatic nitrogens is 2. The van der Waals surface area contributed by atoms with Crippen molar-refractivity contribution in [3.63, 3.8) is 0 Å². The minimum absolute atomic E-state index is 0.351. The average molecular weight is 204 g/mol. The first-order valence-electron chi connectivity index (χ1n) is 4.69. The molecule has 0 saturated carbocycles. The lowest BCUT2D eigenvalue weighted by molar-refractivity contribution is -0.132. The SMILES string of the molecule is CC(=O)Oc1cc(C)c2ccn(C)c2n1. The third-order valence-electron chi connectivity index (χ3n) is 2.27. The number of fused-ring (bicyclic) bond motifs is 1. The molecule has 0 unspecified atom stereocenters. The van der Waals surface area contributed by atoms with E-state index in [9.17, 15) is 4.79 Å². The third kappa shape index (κ3) is 1.70. The van der Waals surface area contributed by atoms with Crippen LogP contribution in [0.3, 0.4) is 0 Å². The second-order valence-corrected chi connectivity index (χ2v) is 3.53. The number of carbonyl (C=O) groups is 1. The van der Waals surface area contributed by atoms with Gasteiger partial charge in [0.25, 0.3) is 0 Å². The highest BCUT2D eigenvalue weighted by Gasteiger charge is 2.07. The molecule has 15 heavy (non-hydrogen) atoms. The summed E-state index contributed by atoms with van der Waals surface area (Å²) in [5.74, 6) is 0.00441. The molecule has 4 nitrogen and oxygen atoms in total. The van der Waals surface area contributed by atoms with Gasteiger partial charge in [-0.2, -0.15) is 4.98 Å². The predicted octanol–water partition coefficient (Wildman–Crippen LogP) is 1.81. The van der Waals surface area contributed by atoms with E-state index in [2.05, 4.69) is 4.98 Å². The van der Waals surface area contributed by atoms with Crippen molar-refractivity contribution in [3.05, 3.63) is 23.9 Å². The minimum Gasteiger partial charge on any atom is -0.408 e. The quantitative estimate of drug-likeness (QED) is 0.665. The average Bonchev–Trinajstić information content (AvgIpc) is 2.47. The maximum atomic E-state index is 10.8. The molecule has 0 saturated heterocycles. The Hall–Kier alpha value is -1.84. The predicted molar refractivity (Wildman–Crippen MR) is 56.8 cm³/mol. The number of ether oxygens (including phenoxy) is 1. The number of nitrogens with zero attached hydrogens (tertiary/aromatic N) is 2. The molecule has 0 bridgehead atoms. The van der Waals surface area contributed by atoms with E-state index in [1.54, 1.807) is 6.07 Å². The first-order chi connectivity index (χ1) is 7.08. The number of hydrogen-bond donors (Lipinski definition) is 0. The standard InChI is InChI=1S/C11H12N2O2/c1-7-6-10(15-8(2)14)12-11-9(7)4-5-13(11)3/h4-6H,1-3H3. The van der Waals surface area contributed by atoms with E-state index in [4.69, 9.17) is 4.74 Å². The van der Waals surface area contributed by atoms with Gasteiger partial charge in [0, 0.05) is 31.6 Å².